The van der Waals surface area contributed by atoms with Gasteiger partial charge in [-0.3, -0.25) is 0 Å². The third-order valence-electron chi connectivity index (χ3n) is 5.05. The van der Waals surface area contributed by atoms with Crippen molar-refractivity contribution in [2.45, 2.75) is 42.9 Å². The van der Waals surface area contributed by atoms with Gasteiger partial charge in [-0.15, -0.1) is 11.8 Å². The maximum Gasteiger partial charge on any atom is 0.126 e. The summed E-state index contributed by atoms with van der Waals surface area (Å²) in [6, 6.07) is 17.2. The van der Waals surface area contributed by atoms with Gasteiger partial charge in [0.05, 0.1) is 19.8 Å². The first-order valence-electron chi connectivity index (χ1n) is 9.47. The van der Waals surface area contributed by atoms with Gasteiger partial charge in [-0.25, -0.2) is 0 Å². The van der Waals surface area contributed by atoms with Crippen LogP contribution in [0.4, 0.5) is 0 Å². The van der Waals surface area contributed by atoms with Gasteiger partial charge in [0.2, 0.25) is 0 Å². The zero-order valence-corrected chi connectivity index (χ0v) is 16.6. The number of ether oxygens (including phenoxy) is 1. The third-order valence-corrected chi connectivity index (χ3v) is 5.80. The molecule has 0 saturated carbocycles. The van der Waals surface area contributed by atoms with Gasteiger partial charge < -0.3 is 14.7 Å². The van der Waals surface area contributed by atoms with E-state index in [1.807, 2.05) is 0 Å². The highest BCUT2D eigenvalue weighted by Gasteiger charge is 2.22. The summed E-state index contributed by atoms with van der Waals surface area (Å²) in [5.74, 6) is 0. The van der Waals surface area contributed by atoms with Crippen LogP contribution in [0.2, 0.25) is 0 Å². The van der Waals surface area contributed by atoms with Crippen LogP contribution in [-0.2, 0) is 17.7 Å². The fourth-order valence-electron chi connectivity index (χ4n) is 3.73. The fourth-order valence-corrected chi connectivity index (χ4v) is 4.14. The quantitative estimate of drug-likeness (QED) is 0.699. The Bertz CT molecular complexity index is 689. The lowest BCUT2D eigenvalue weighted by molar-refractivity contribution is -0.897. The number of quaternary nitrogens is 1. The minimum Gasteiger partial charge on any atom is -0.385 e. The molecular formula is C22H30NO2S+. The SMILES string of the molecule is CSc1ccc(C[NH+](C)C[C@H](O)CO[C@@H]2CCCc3ccccc32)cc1. The van der Waals surface area contributed by atoms with Crippen LogP contribution >= 0.6 is 11.8 Å². The van der Waals surface area contributed by atoms with Crippen molar-refractivity contribution in [3.8, 4) is 0 Å². The monoisotopic (exact) mass is 372 g/mol. The molecule has 0 heterocycles. The molecule has 0 saturated heterocycles. The zero-order chi connectivity index (χ0) is 18.4. The second-order valence-electron chi connectivity index (χ2n) is 7.25. The Morgan fingerprint density at radius 2 is 1.96 bits per heavy atom. The molecule has 1 aliphatic carbocycles. The van der Waals surface area contributed by atoms with Gasteiger partial charge in [-0.05, 0) is 48.8 Å². The number of nitrogens with one attached hydrogen (secondary N) is 1. The fraction of sp³-hybridized carbons (Fsp3) is 0.455. The molecule has 2 N–H and O–H groups in total. The number of benzene rings is 2. The lowest BCUT2D eigenvalue weighted by Crippen LogP contribution is -3.08. The standard InChI is InChI=1S/C22H29NO2S/c1-23(14-17-10-12-20(26-2)13-11-17)15-19(24)16-25-22-9-5-7-18-6-3-4-8-21(18)22/h3-4,6,8,10-13,19,22,24H,5,7,9,14-16H2,1-2H3/p+1/t19-,22+/m0/s1. The number of hydrogen-bond donors (Lipinski definition) is 2. The summed E-state index contributed by atoms with van der Waals surface area (Å²) in [4.78, 5) is 2.58. The largest absolute Gasteiger partial charge is 0.385 e. The van der Waals surface area contributed by atoms with Crippen molar-refractivity contribution in [1.82, 2.24) is 0 Å². The van der Waals surface area contributed by atoms with E-state index in [0.29, 0.717) is 13.2 Å². The first-order valence-corrected chi connectivity index (χ1v) is 10.7. The van der Waals surface area contributed by atoms with Crippen LogP contribution in [0.25, 0.3) is 0 Å². The van der Waals surface area contributed by atoms with Crippen LogP contribution in [0.3, 0.4) is 0 Å². The van der Waals surface area contributed by atoms with Gasteiger partial charge in [-0.1, -0.05) is 36.4 Å². The number of fused-ring (bicyclic) bond motifs is 1. The van der Waals surface area contributed by atoms with E-state index in [1.165, 1.54) is 26.5 Å². The maximum absolute atomic E-state index is 10.4. The number of rotatable bonds is 8. The Hall–Kier alpha value is -1.33. The van der Waals surface area contributed by atoms with E-state index in [2.05, 4.69) is 61.8 Å². The van der Waals surface area contributed by atoms with Crippen molar-refractivity contribution in [2.24, 2.45) is 0 Å². The highest BCUT2D eigenvalue weighted by atomic mass is 32.2. The molecule has 0 spiro atoms. The highest BCUT2D eigenvalue weighted by molar-refractivity contribution is 7.98. The lowest BCUT2D eigenvalue weighted by atomic mass is 9.89. The van der Waals surface area contributed by atoms with Gasteiger partial charge in [0.1, 0.15) is 19.2 Å². The summed E-state index contributed by atoms with van der Waals surface area (Å²) in [6.45, 7) is 2.01. The van der Waals surface area contributed by atoms with E-state index in [-0.39, 0.29) is 6.10 Å². The molecule has 0 fully saturated rings. The van der Waals surface area contributed by atoms with Gasteiger partial charge >= 0.3 is 0 Å². The van der Waals surface area contributed by atoms with Crippen LogP contribution in [0.1, 0.15) is 35.6 Å². The van der Waals surface area contributed by atoms with Gasteiger partial charge in [0, 0.05) is 10.5 Å². The summed E-state index contributed by atoms with van der Waals surface area (Å²) in [7, 11) is 2.13. The first-order chi connectivity index (χ1) is 12.7. The summed E-state index contributed by atoms with van der Waals surface area (Å²) in [5, 5.41) is 10.4. The predicted molar refractivity (Wildman–Crippen MR) is 108 cm³/mol. The van der Waals surface area contributed by atoms with Crippen LogP contribution in [0.15, 0.2) is 53.4 Å². The first kappa shape index (κ1) is 19.4. The van der Waals surface area contributed by atoms with Crippen LogP contribution in [0.5, 0.6) is 0 Å². The van der Waals surface area contributed by atoms with E-state index < -0.39 is 6.10 Å². The smallest absolute Gasteiger partial charge is 0.126 e. The molecule has 1 aliphatic rings. The van der Waals surface area contributed by atoms with Crippen molar-refractivity contribution in [3.63, 3.8) is 0 Å². The van der Waals surface area contributed by atoms with Crippen molar-refractivity contribution >= 4 is 11.8 Å². The average molecular weight is 373 g/mol. The molecule has 3 rings (SSSR count). The predicted octanol–water partition coefficient (Wildman–Crippen LogP) is 2.88. The Kier molecular flexibility index (Phi) is 7.15. The molecule has 0 amide bonds. The van der Waals surface area contributed by atoms with E-state index in [9.17, 15) is 5.11 Å². The van der Waals surface area contributed by atoms with Crippen molar-refractivity contribution in [3.05, 3.63) is 65.2 Å². The number of hydrogen-bond acceptors (Lipinski definition) is 3. The second kappa shape index (κ2) is 9.56. The van der Waals surface area contributed by atoms with Crippen LogP contribution in [-0.4, -0.2) is 37.7 Å². The Labute approximate surface area is 161 Å². The molecule has 2 aromatic carbocycles. The van der Waals surface area contributed by atoms with Gasteiger partial charge in [0.25, 0.3) is 0 Å². The molecule has 140 valence electrons. The zero-order valence-electron chi connectivity index (χ0n) is 15.8. The molecule has 3 nitrogen and oxygen atoms in total. The molecular weight excluding hydrogens is 342 g/mol. The third kappa shape index (κ3) is 5.34. The minimum absolute atomic E-state index is 0.133. The molecule has 0 aliphatic heterocycles. The highest BCUT2D eigenvalue weighted by Crippen LogP contribution is 2.32. The molecule has 0 aromatic heterocycles. The Morgan fingerprint density at radius 1 is 1.19 bits per heavy atom. The minimum atomic E-state index is -0.436. The van der Waals surface area contributed by atoms with Gasteiger partial charge in [-0.2, -0.15) is 0 Å². The number of thioether (sulfide) groups is 1. The van der Waals surface area contributed by atoms with Crippen LogP contribution < -0.4 is 4.90 Å². The topological polar surface area (TPSA) is 33.9 Å². The summed E-state index contributed by atoms with van der Waals surface area (Å²) in [5.41, 5.74) is 4.00. The average Bonchev–Trinajstić information content (AvgIpc) is 2.67. The maximum atomic E-state index is 10.4. The second-order valence-corrected chi connectivity index (χ2v) is 8.13. The van der Waals surface area contributed by atoms with Crippen molar-refractivity contribution < 1.29 is 14.7 Å². The molecule has 1 unspecified atom stereocenters. The molecule has 3 atom stereocenters. The van der Waals surface area contributed by atoms with Gasteiger partial charge in [0.15, 0.2) is 0 Å². The molecule has 2 aromatic rings. The van der Waals surface area contributed by atoms with E-state index in [4.69, 9.17) is 4.74 Å². The molecule has 26 heavy (non-hydrogen) atoms. The molecule has 4 heteroatoms. The summed E-state index contributed by atoms with van der Waals surface area (Å²) < 4.78 is 6.09. The van der Waals surface area contributed by atoms with Crippen molar-refractivity contribution in [2.75, 3.05) is 26.5 Å². The Balaban J connectivity index is 1.46. The number of likely N-dealkylation sites (N-methyl/N-ethyl adjacent to an activating group) is 1. The normalized spacial score (nSPS) is 19.0. The Morgan fingerprint density at radius 3 is 2.73 bits per heavy atom. The molecule has 0 radical (unpaired) electrons. The number of aliphatic hydroxyl groups is 1. The summed E-state index contributed by atoms with van der Waals surface area (Å²) >= 11 is 1.76. The number of aliphatic hydroxyl groups excluding tert-OH is 1. The van der Waals surface area contributed by atoms with E-state index in [0.717, 1.165) is 25.8 Å². The van der Waals surface area contributed by atoms with E-state index in [1.54, 1.807) is 11.8 Å². The lowest BCUT2D eigenvalue weighted by Gasteiger charge is -2.27. The number of aryl methyl sites for hydroxylation is 1. The van der Waals surface area contributed by atoms with Crippen LogP contribution in [0, 0.1) is 0 Å². The van der Waals surface area contributed by atoms with E-state index >= 15 is 0 Å². The molecule has 0 bridgehead atoms. The summed E-state index contributed by atoms with van der Waals surface area (Å²) in [6.07, 6.45) is 5.14. The van der Waals surface area contributed by atoms with Crippen molar-refractivity contribution in [1.29, 1.82) is 0 Å².